The number of nitrogens with zero attached hydrogens (tertiary/aromatic N) is 3. The minimum atomic E-state index is -4.51. The number of halogens is 3. The van der Waals surface area contributed by atoms with Crippen LogP contribution < -0.4 is 4.74 Å². The lowest BCUT2D eigenvalue weighted by Crippen LogP contribution is -2.47. The molecule has 0 atom stereocenters. The van der Waals surface area contributed by atoms with Crippen LogP contribution in [0.2, 0.25) is 0 Å². The number of aryl methyl sites for hydroxylation is 1. The zero-order chi connectivity index (χ0) is 19.0. The maximum absolute atomic E-state index is 13.1. The molecule has 0 bridgehead atoms. The van der Waals surface area contributed by atoms with E-state index in [1.807, 2.05) is 6.07 Å². The van der Waals surface area contributed by atoms with Gasteiger partial charge in [-0.15, -0.1) is 10.2 Å². The Morgan fingerprint density at radius 2 is 1.92 bits per heavy atom. The molecule has 1 fully saturated rings. The van der Waals surface area contributed by atoms with Gasteiger partial charge in [-0.05, 0) is 37.0 Å². The van der Waals surface area contributed by atoms with Crippen LogP contribution in [0.15, 0.2) is 34.5 Å². The Morgan fingerprint density at radius 1 is 1.27 bits per heavy atom. The summed E-state index contributed by atoms with van der Waals surface area (Å²) in [6.45, 7) is 0.127. The van der Waals surface area contributed by atoms with Crippen molar-refractivity contribution in [2.45, 2.75) is 31.1 Å². The molecule has 0 spiro atoms. The molecule has 0 aliphatic carbocycles. The van der Waals surface area contributed by atoms with E-state index in [2.05, 4.69) is 10.2 Å². The molecule has 1 aromatic carbocycles. The molecular formula is C16H20F3N3O3S. The fraction of sp³-hybridized carbons (Fsp3) is 0.625. The van der Waals surface area contributed by atoms with Gasteiger partial charge in [-0.25, -0.2) is 12.7 Å². The Balaban J connectivity index is 1.56. The standard InChI is InChI=1S/C16H20F3N3O3S/c1-25-14-4-2-3-12(11-14)7-10-26(23,24)22-8-5-13(6-9-22)15(20-21-15)16(17,18)19/h2-4,11,13H,5-10H2,1H3. The van der Waals surface area contributed by atoms with E-state index >= 15 is 0 Å². The molecule has 0 aromatic heterocycles. The number of alkyl halides is 3. The van der Waals surface area contributed by atoms with Gasteiger partial charge in [0, 0.05) is 19.0 Å². The minimum Gasteiger partial charge on any atom is -0.497 e. The van der Waals surface area contributed by atoms with Gasteiger partial charge in [-0.3, -0.25) is 0 Å². The van der Waals surface area contributed by atoms with Gasteiger partial charge in [0.15, 0.2) is 0 Å². The van der Waals surface area contributed by atoms with Crippen molar-refractivity contribution in [3.05, 3.63) is 29.8 Å². The molecule has 0 saturated carbocycles. The summed E-state index contributed by atoms with van der Waals surface area (Å²) < 4.78 is 70.6. The van der Waals surface area contributed by atoms with Gasteiger partial charge in [0.1, 0.15) is 5.75 Å². The number of ether oxygens (including phenoxy) is 1. The van der Waals surface area contributed by atoms with Crippen LogP contribution in [-0.2, 0) is 16.4 Å². The van der Waals surface area contributed by atoms with Crippen LogP contribution in [-0.4, -0.2) is 50.5 Å². The van der Waals surface area contributed by atoms with E-state index in [4.69, 9.17) is 4.74 Å². The van der Waals surface area contributed by atoms with E-state index in [1.54, 1.807) is 18.2 Å². The van der Waals surface area contributed by atoms with Crippen LogP contribution in [0.5, 0.6) is 5.75 Å². The molecule has 2 heterocycles. The van der Waals surface area contributed by atoms with Crippen molar-refractivity contribution in [3.63, 3.8) is 0 Å². The van der Waals surface area contributed by atoms with Gasteiger partial charge in [0.2, 0.25) is 10.0 Å². The zero-order valence-corrected chi connectivity index (χ0v) is 15.1. The van der Waals surface area contributed by atoms with E-state index in [-0.39, 0.29) is 31.7 Å². The Kier molecular flexibility index (Phi) is 5.00. The highest BCUT2D eigenvalue weighted by atomic mass is 32.2. The number of benzene rings is 1. The van der Waals surface area contributed by atoms with Crippen molar-refractivity contribution >= 4 is 10.0 Å². The summed E-state index contributed by atoms with van der Waals surface area (Å²) in [6.07, 6.45) is -3.99. The van der Waals surface area contributed by atoms with Gasteiger partial charge < -0.3 is 4.74 Å². The molecule has 0 unspecified atom stereocenters. The Hall–Kier alpha value is -1.68. The number of sulfonamides is 1. The Bertz CT molecular complexity index is 781. The van der Waals surface area contributed by atoms with Crippen LogP contribution in [0.1, 0.15) is 18.4 Å². The summed E-state index contributed by atoms with van der Waals surface area (Å²) in [5.41, 5.74) is -1.47. The lowest BCUT2D eigenvalue weighted by atomic mass is 9.87. The van der Waals surface area contributed by atoms with Gasteiger partial charge in [0.25, 0.3) is 5.66 Å². The molecular weight excluding hydrogens is 371 g/mol. The molecule has 0 N–H and O–H groups in total. The van der Waals surface area contributed by atoms with Crippen molar-refractivity contribution in [1.82, 2.24) is 4.31 Å². The molecule has 144 valence electrons. The van der Waals surface area contributed by atoms with E-state index in [1.165, 1.54) is 11.4 Å². The van der Waals surface area contributed by atoms with Gasteiger partial charge in [0.05, 0.1) is 12.9 Å². The quantitative estimate of drug-likeness (QED) is 0.748. The van der Waals surface area contributed by atoms with Crippen LogP contribution in [0.4, 0.5) is 13.2 Å². The van der Waals surface area contributed by atoms with Crippen molar-refractivity contribution in [2.24, 2.45) is 16.1 Å². The highest BCUT2D eigenvalue weighted by molar-refractivity contribution is 7.89. The maximum atomic E-state index is 13.1. The third kappa shape index (κ3) is 3.71. The molecule has 3 rings (SSSR count). The number of piperidine rings is 1. The second kappa shape index (κ2) is 6.80. The van der Waals surface area contributed by atoms with Crippen molar-refractivity contribution in [3.8, 4) is 5.75 Å². The first kappa shape index (κ1) is 19.1. The first-order valence-electron chi connectivity index (χ1n) is 8.29. The third-order valence-electron chi connectivity index (χ3n) is 4.93. The van der Waals surface area contributed by atoms with Gasteiger partial charge in [-0.1, -0.05) is 12.1 Å². The topological polar surface area (TPSA) is 71.3 Å². The average Bonchev–Trinajstić information content (AvgIpc) is 3.42. The molecule has 2 aliphatic rings. The number of hydrogen-bond acceptors (Lipinski definition) is 5. The summed E-state index contributed by atoms with van der Waals surface area (Å²) in [5.74, 6) is -0.230. The predicted octanol–water partition coefficient (Wildman–Crippen LogP) is 3.00. The van der Waals surface area contributed by atoms with Gasteiger partial charge in [-0.2, -0.15) is 13.2 Å². The Morgan fingerprint density at radius 3 is 2.46 bits per heavy atom. The summed E-state index contributed by atoms with van der Waals surface area (Å²) in [5, 5.41) is 6.46. The van der Waals surface area contributed by atoms with E-state index < -0.39 is 27.8 Å². The predicted molar refractivity (Wildman–Crippen MR) is 88.4 cm³/mol. The first-order chi connectivity index (χ1) is 12.2. The van der Waals surface area contributed by atoms with Crippen LogP contribution in [0.25, 0.3) is 0 Å². The first-order valence-corrected chi connectivity index (χ1v) is 9.90. The smallest absolute Gasteiger partial charge is 0.437 e. The summed E-state index contributed by atoms with van der Waals surface area (Å²) in [6, 6.07) is 7.14. The monoisotopic (exact) mass is 391 g/mol. The van der Waals surface area contributed by atoms with Crippen LogP contribution >= 0.6 is 0 Å². The second-order valence-corrected chi connectivity index (χ2v) is 8.60. The van der Waals surface area contributed by atoms with Crippen LogP contribution in [0.3, 0.4) is 0 Å². The minimum absolute atomic E-state index is 0.0635. The largest absolute Gasteiger partial charge is 0.497 e. The molecule has 0 radical (unpaired) electrons. The van der Waals surface area contributed by atoms with Crippen molar-refractivity contribution < 1.29 is 26.3 Å². The highest BCUT2D eigenvalue weighted by Crippen LogP contribution is 2.52. The molecule has 6 nitrogen and oxygen atoms in total. The number of methoxy groups -OCH3 is 1. The Labute approximate surface area is 150 Å². The zero-order valence-electron chi connectivity index (χ0n) is 14.2. The fourth-order valence-corrected chi connectivity index (χ4v) is 4.82. The normalized spacial score (nSPS) is 20.9. The molecule has 10 heteroatoms. The van der Waals surface area contributed by atoms with Crippen molar-refractivity contribution in [2.75, 3.05) is 26.0 Å². The lowest BCUT2D eigenvalue weighted by molar-refractivity contribution is -0.179. The highest BCUT2D eigenvalue weighted by Gasteiger charge is 2.68. The number of rotatable bonds is 6. The van der Waals surface area contributed by atoms with Crippen molar-refractivity contribution in [1.29, 1.82) is 0 Å². The summed E-state index contributed by atoms with van der Waals surface area (Å²) >= 11 is 0. The second-order valence-electron chi connectivity index (χ2n) is 6.51. The molecule has 0 amide bonds. The average molecular weight is 391 g/mol. The van der Waals surface area contributed by atoms with E-state index in [0.717, 1.165) is 5.56 Å². The van der Waals surface area contributed by atoms with E-state index in [0.29, 0.717) is 12.2 Å². The van der Waals surface area contributed by atoms with Gasteiger partial charge >= 0.3 is 6.18 Å². The molecule has 1 aromatic rings. The van der Waals surface area contributed by atoms with Crippen LogP contribution in [0, 0.1) is 5.92 Å². The molecule has 2 aliphatic heterocycles. The molecule has 1 saturated heterocycles. The SMILES string of the molecule is COc1cccc(CCS(=O)(=O)N2CCC(C3(C(F)(F)F)N=N3)CC2)c1. The van der Waals surface area contributed by atoms with E-state index in [9.17, 15) is 21.6 Å². The number of hydrogen-bond donors (Lipinski definition) is 0. The summed E-state index contributed by atoms with van der Waals surface area (Å²) in [7, 11) is -2.00. The lowest BCUT2D eigenvalue weighted by Gasteiger charge is -2.34. The summed E-state index contributed by atoms with van der Waals surface area (Å²) in [4.78, 5) is 0. The molecule has 26 heavy (non-hydrogen) atoms. The third-order valence-corrected chi connectivity index (χ3v) is 6.80. The fourth-order valence-electron chi connectivity index (χ4n) is 3.30. The maximum Gasteiger partial charge on any atom is 0.437 e.